The second kappa shape index (κ2) is 2.69. The van der Waals surface area contributed by atoms with Crippen LogP contribution in [0.25, 0.3) is 0 Å². The highest BCUT2D eigenvalue weighted by Gasteiger charge is 1.93. The summed E-state index contributed by atoms with van der Waals surface area (Å²) in [5.41, 5.74) is 2.51. The quantitative estimate of drug-likeness (QED) is 0.636. The Morgan fingerprint density at radius 2 is 2.00 bits per heavy atom. The van der Waals surface area contributed by atoms with Gasteiger partial charge in [0.2, 0.25) is 0 Å². The number of aryl methyl sites for hydroxylation is 2. The van der Waals surface area contributed by atoms with E-state index < -0.39 is 0 Å². The minimum atomic E-state index is 0.933. The maximum absolute atomic E-state index is 4.15. The van der Waals surface area contributed by atoms with Crippen molar-refractivity contribution in [3.8, 4) is 0 Å². The highest BCUT2D eigenvalue weighted by Crippen LogP contribution is 2.08. The van der Waals surface area contributed by atoms with Gasteiger partial charge in [-0.1, -0.05) is 0 Å². The van der Waals surface area contributed by atoms with Crippen molar-refractivity contribution in [3.05, 3.63) is 23.4 Å². The summed E-state index contributed by atoms with van der Waals surface area (Å²) in [5, 5.41) is 2.98. The molecule has 0 bridgehead atoms. The van der Waals surface area contributed by atoms with Crippen molar-refractivity contribution < 1.29 is 0 Å². The molecule has 0 radical (unpaired) electrons. The molecule has 1 rings (SSSR count). The molecule has 0 spiro atoms. The molecule has 0 fully saturated rings. The van der Waals surface area contributed by atoms with Crippen molar-refractivity contribution in [2.75, 3.05) is 12.4 Å². The number of nitrogens with one attached hydrogen (secondary N) is 1. The number of rotatable bonds is 1. The Labute approximate surface area is 61.3 Å². The highest BCUT2D eigenvalue weighted by molar-refractivity contribution is 5.39. The van der Waals surface area contributed by atoms with Crippen LogP contribution in [-0.4, -0.2) is 12.0 Å². The molecular formula is C8H12N2. The molecule has 0 aliphatic rings. The lowest BCUT2D eigenvalue weighted by atomic mass is 10.2. The third kappa shape index (κ3) is 1.26. The average molecular weight is 136 g/mol. The van der Waals surface area contributed by atoms with Crippen molar-refractivity contribution in [2.24, 2.45) is 0 Å². The van der Waals surface area contributed by atoms with Crippen molar-refractivity contribution in [1.82, 2.24) is 4.98 Å². The molecule has 2 heteroatoms. The van der Waals surface area contributed by atoms with Crippen LogP contribution in [0.5, 0.6) is 0 Å². The van der Waals surface area contributed by atoms with Gasteiger partial charge in [0.1, 0.15) is 5.82 Å². The lowest BCUT2D eigenvalue weighted by molar-refractivity contribution is 1.20. The fraction of sp³-hybridized carbons (Fsp3) is 0.375. The van der Waals surface area contributed by atoms with Gasteiger partial charge in [-0.15, -0.1) is 0 Å². The molecule has 0 aromatic carbocycles. The Balaban J connectivity index is 3.04. The summed E-state index contributed by atoms with van der Waals surface area (Å²) >= 11 is 0. The standard InChI is InChI=1S/C8H12N2/c1-6-4-8(9-3)10-5-7(6)2/h4-5H,1-3H3,(H,9,10). The van der Waals surface area contributed by atoms with E-state index in [0.29, 0.717) is 0 Å². The first-order valence-electron chi connectivity index (χ1n) is 3.35. The third-order valence-electron chi connectivity index (χ3n) is 1.63. The Hall–Kier alpha value is -1.05. The molecule has 0 unspecified atom stereocenters. The first kappa shape index (κ1) is 7.06. The number of anilines is 1. The van der Waals surface area contributed by atoms with Crippen molar-refractivity contribution in [1.29, 1.82) is 0 Å². The molecule has 0 amide bonds. The minimum Gasteiger partial charge on any atom is -0.373 e. The molecule has 54 valence electrons. The van der Waals surface area contributed by atoms with Gasteiger partial charge < -0.3 is 5.32 Å². The van der Waals surface area contributed by atoms with E-state index in [1.807, 2.05) is 19.3 Å². The number of pyridine rings is 1. The van der Waals surface area contributed by atoms with E-state index in [4.69, 9.17) is 0 Å². The van der Waals surface area contributed by atoms with Crippen LogP contribution >= 0.6 is 0 Å². The maximum Gasteiger partial charge on any atom is 0.125 e. The van der Waals surface area contributed by atoms with Crippen molar-refractivity contribution in [3.63, 3.8) is 0 Å². The molecule has 0 saturated carbocycles. The van der Waals surface area contributed by atoms with Crippen LogP contribution in [0.1, 0.15) is 11.1 Å². The summed E-state index contributed by atoms with van der Waals surface area (Å²) in [5.74, 6) is 0.933. The van der Waals surface area contributed by atoms with E-state index in [2.05, 4.69) is 24.1 Å². The Kier molecular flexibility index (Phi) is 1.90. The smallest absolute Gasteiger partial charge is 0.125 e. The molecule has 0 aliphatic heterocycles. The average Bonchev–Trinajstić information content (AvgIpc) is 1.95. The number of hydrogen-bond donors (Lipinski definition) is 1. The van der Waals surface area contributed by atoms with Gasteiger partial charge in [-0.25, -0.2) is 4.98 Å². The van der Waals surface area contributed by atoms with Crippen LogP contribution in [0.3, 0.4) is 0 Å². The van der Waals surface area contributed by atoms with Crippen LogP contribution < -0.4 is 5.32 Å². The number of nitrogens with zero attached hydrogens (tertiary/aromatic N) is 1. The first-order chi connectivity index (χ1) is 4.74. The van der Waals surface area contributed by atoms with Crippen molar-refractivity contribution in [2.45, 2.75) is 13.8 Å². The topological polar surface area (TPSA) is 24.9 Å². The van der Waals surface area contributed by atoms with Gasteiger partial charge in [0.25, 0.3) is 0 Å². The number of aromatic nitrogens is 1. The van der Waals surface area contributed by atoms with Crippen LogP contribution in [0, 0.1) is 13.8 Å². The van der Waals surface area contributed by atoms with E-state index in [1.165, 1.54) is 11.1 Å². The first-order valence-corrected chi connectivity index (χ1v) is 3.35. The summed E-state index contributed by atoms with van der Waals surface area (Å²) in [4.78, 5) is 4.15. The van der Waals surface area contributed by atoms with Crippen LogP contribution in [0.15, 0.2) is 12.3 Å². The van der Waals surface area contributed by atoms with Crippen LogP contribution in [0.4, 0.5) is 5.82 Å². The minimum absolute atomic E-state index is 0.933. The van der Waals surface area contributed by atoms with Gasteiger partial charge >= 0.3 is 0 Å². The summed E-state index contributed by atoms with van der Waals surface area (Å²) in [6.45, 7) is 4.14. The lowest BCUT2D eigenvalue weighted by Crippen LogP contribution is -1.93. The van der Waals surface area contributed by atoms with E-state index in [0.717, 1.165) is 5.82 Å². The fourth-order valence-electron chi connectivity index (χ4n) is 0.761. The van der Waals surface area contributed by atoms with Gasteiger partial charge in [0, 0.05) is 13.2 Å². The summed E-state index contributed by atoms with van der Waals surface area (Å²) in [6, 6.07) is 2.04. The zero-order chi connectivity index (χ0) is 7.56. The van der Waals surface area contributed by atoms with E-state index in [1.54, 1.807) is 0 Å². The molecule has 0 atom stereocenters. The number of hydrogen-bond acceptors (Lipinski definition) is 2. The molecule has 1 N–H and O–H groups in total. The van der Waals surface area contributed by atoms with Gasteiger partial charge in [-0.05, 0) is 31.0 Å². The molecule has 1 heterocycles. The largest absolute Gasteiger partial charge is 0.373 e. The predicted molar refractivity (Wildman–Crippen MR) is 43.3 cm³/mol. The van der Waals surface area contributed by atoms with E-state index in [-0.39, 0.29) is 0 Å². The molecular weight excluding hydrogens is 124 g/mol. The van der Waals surface area contributed by atoms with Crippen molar-refractivity contribution >= 4 is 5.82 Å². The predicted octanol–water partition coefficient (Wildman–Crippen LogP) is 1.74. The Morgan fingerprint density at radius 1 is 1.30 bits per heavy atom. The highest BCUT2D eigenvalue weighted by atomic mass is 14.9. The summed E-state index contributed by atoms with van der Waals surface area (Å²) in [7, 11) is 1.87. The van der Waals surface area contributed by atoms with Crippen LogP contribution in [0.2, 0.25) is 0 Å². The zero-order valence-corrected chi connectivity index (χ0v) is 6.60. The molecule has 10 heavy (non-hydrogen) atoms. The third-order valence-corrected chi connectivity index (χ3v) is 1.63. The van der Waals surface area contributed by atoms with Crippen LogP contribution in [-0.2, 0) is 0 Å². The molecule has 2 nitrogen and oxygen atoms in total. The maximum atomic E-state index is 4.15. The SMILES string of the molecule is CNc1cc(C)c(C)cn1. The van der Waals surface area contributed by atoms with E-state index in [9.17, 15) is 0 Å². The van der Waals surface area contributed by atoms with E-state index >= 15 is 0 Å². The molecule has 0 saturated heterocycles. The summed E-state index contributed by atoms with van der Waals surface area (Å²) in [6.07, 6.45) is 1.88. The second-order valence-electron chi connectivity index (χ2n) is 2.40. The zero-order valence-electron chi connectivity index (χ0n) is 6.60. The Morgan fingerprint density at radius 3 is 2.50 bits per heavy atom. The van der Waals surface area contributed by atoms with Gasteiger partial charge in [0.05, 0.1) is 0 Å². The fourth-order valence-corrected chi connectivity index (χ4v) is 0.761. The van der Waals surface area contributed by atoms with Gasteiger partial charge in [-0.2, -0.15) is 0 Å². The lowest BCUT2D eigenvalue weighted by Gasteiger charge is -2.01. The Bertz CT molecular complexity index is 231. The molecule has 1 aromatic rings. The monoisotopic (exact) mass is 136 g/mol. The second-order valence-corrected chi connectivity index (χ2v) is 2.40. The van der Waals surface area contributed by atoms with Gasteiger partial charge in [-0.3, -0.25) is 0 Å². The normalized spacial score (nSPS) is 9.50. The van der Waals surface area contributed by atoms with Gasteiger partial charge in [0.15, 0.2) is 0 Å². The molecule has 0 aliphatic carbocycles. The summed E-state index contributed by atoms with van der Waals surface area (Å²) < 4.78 is 0. The molecule has 1 aromatic heterocycles.